The number of fused-ring (bicyclic) bond motifs is 5. The van der Waals surface area contributed by atoms with Crippen LogP contribution in [0.1, 0.15) is 59.8 Å². The first-order valence-corrected chi connectivity index (χ1v) is 6.60. The standard InChI is InChI=1S/C15H24/c1-11-6-9-13(2)10-12(11)14(3)7-5-8-15(13,14)4/h6,12H,5,7-10H2,1-4H3/t12-,13-,14+,15-/m0/s1. The van der Waals surface area contributed by atoms with Crippen LogP contribution in [0.15, 0.2) is 11.6 Å². The monoisotopic (exact) mass is 204 g/mol. The van der Waals surface area contributed by atoms with Crippen molar-refractivity contribution >= 4 is 0 Å². The van der Waals surface area contributed by atoms with E-state index >= 15 is 0 Å². The third-order valence-corrected chi connectivity index (χ3v) is 6.81. The van der Waals surface area contributed by atoms with Crippen molar-refractivity contribution in [2.75, 3.05) is 0 Å². The minimum absolute atomic E-state index is 0.600. The normalized spacial score (nSPS) is 57.9. The van der Waals surface area contributed by atoms with E-state index in [1.165, 1.54) is 32.1 Å². The fourth-order valence-electron chi connectivity index (χ4n) is 5.32. The molecule has 2 fully saturated rings. The highest BCUT2D eigenvalue weighted by Gasteiger charge is 2.67. The maximum atomic E-state index is 2.59. The molecule has 0 aliphatic heterocycles. The van der Waals surface area contributed by atoms with Crippen LogP contribution in [0.2, 0.25) is 0 Å². The first kappa shape index (κ1) is 9.93. The molecule has 0 aromatic rings. The van der Waals surface area contributed by atoms with Gasteiger partial charge in [-0.3, -0.25) is 0 Å². The quantitative estimate of drug-likeness (QED) is 0.507. The van der Waals surface area contributed by atoms with E-state index in [2.05, 4.69) is 33.8 Å². The van der Waals surface area contributed by atoms with E-state index in [1.54, 1.807) is 5.57 Å². The molecule has 0 unspecified atom stereocenters. The van der Waals surface area contributed by atoms with Crippen LogP contribution >= 0.6 is 0 Å². The molecular weight excluding hydrogens is 180 g/mol. The molecule has 0 aromatic heterocycles. The van der Waals surface area contributed by atoms with Gasteiger partial charge in [0.2, 0.25) is 0 Å². The summed E-state index contributed by atoms with van der Waals surface area (Å²) in [6.07, 6.45) is 9.74. The van der Waals surface area contributed by atoms with Gasteiger partial charge >= 0.3 is 0 Å². The van der Waals surface area contributed by atoms with Crippen LogP contribution in [0.25, 0.3) is 0 Å². The molecule has 3 aliphatic carbocycles. The van der Waals surface area contributed by atoms with E-state index < -0.39 is 0 Å². The number of rotatable bonds is 0. The van der Waals surface area contributed by atoms with Crippen LogP contribution in [0.4, 0.5) is 0 Å². The zero-order valence-electron chi connectivity index (χ0n) is 10.7. The predicted octanol–water partition coefficient (Wildman–Crippen LogP) is 4.56. The molecule has 15 heavy (non-hydrogen) atoms. The van der Waals surface area contributed by atoms with Gasteiger partial charge in [0.25, 0.3) is 0 Å². The van der Waals surface area contributed by atoms with Crippen molar-refractivity contribution in [2.24, 2.45) is 22.2 Å². The Balaban J connectivity index is 2.18. The molecular formula is C15H24. The van der Waals surface area contributed by atoms with Gasteiger partial charge in [-0.05, 0) is 54.8 Å². The third-order valence-electron chi connectivity index (χ3n) is 6.81. The molecule has 0 spiro atoms. The van der Waals surface area contributed by atoms with Crippen LogP contribution in [0, 0.1) is 22.2 Å². The molecule has 0 N–H and O–H groups in total. The average Bonchev–Trinajstić information content (AvgIpc) is 2.55. The average molecular weight is 204 g/mol. The Morgan fingerprint density at radius 3 is 2.67 bits per heavy atom. The van der Waals surface area contributed by atoms with E-state index in [1.807, 2.05) is 0 Å². The van der Waals surface area contributed by atoms with Crippen LogP contribution in [0.5, 0.6) is 0 Å². The van der Waals surface area contributed by atoms with Crippen molar-refractivity contribution in [2.45, 2.75) is 59.8 Å². The van der Waals surface area contributed by atoms with Gasteiger partial charge in [0.05, 0.1) is 0 Å². The van der Waals surface area contributed by atoms with Crippen molar-refractivity contribution in [1.82, 2.24) is 0 Å². The topological polar surface area (TPSA) is 0 Å². The van der Waals surface area contributed by atoms with Crippen LogP contribution in [-0.4, -0.2) is 0 Å². The highest BCUT2D eigenvalue weighted by molar-refractivity contribution is 5.28. The lowest BCUT2D eigenvalue weighted by Crippen LogP contribution is -2.38. The van der Waals surface area contributed by atoms with E-state index in [0.29, 0.717) is 16.2 Å². The molecule has 0 heteroatoms. The molecule has 84 valence electrons. The summed E-state index contributed by atoms with van der Waals surface area (Å²) in [4.78, 5) is 0. The Morgan fingerprint density at radius 2 is 1.93 bits per heavy atom. The summed E-state index contributed by atoms with van der Waals surface area (Å²) in [6.45, 7) is 10.1. The Labute approximate surface area is 94.1 Å². The van der Waals surface area contributed by atoms with Crippen molar-refractivity contribution in [3.63, 3.8) is 0 Å². The van der Waals surface area contributed by atoms with Gasteiger partial charge in [0.1, 0.15) is 0 Å². The largest absolute Gasteiger partial charge is 0.0847 e. The SMILES string of the molecule is CC1=CC[C@@]2(C)C[C@@H]1[C@@]1(C)CCC[C@@]21C. The molecule has 0 radical (unpaired) electrons. The predicted molar refractivity (Wildman–Crippen MR) is 64.7 cm³/mol. The van der Waals surface area contributed by atoms with Crippen molar-refractivity contribution < 1.29 is 0 Å². The first-order chi connectivity index (χ1) is 6.93. The van der Waals surface area contributed by atoms with Gasteiger partial charge in [-0.25, -0.2) is 0 Å². The Kier molecular flexibility index (Phi) is 1.67. The lowest BCUT2D eigenvalue weighted by atomic mass is 9.59. The van der Waals surface area contributed by atoms with Crippen LogP contribution < -0.4 is 0 Å². The van der Waals surface area contributed by atoms with Crippen molar-refractivity contribution in [3.05, 3.63) is 11.6 Å². The van der Waals surface area contributed by atoms with E-state index in [0.717, 1.165) is 5.92 Å². The molecule has 0 amide bonds. The third kappa shape index (κ3) is 0.867. The van der Waals surface area contributed by atoms with Gasteiger partial charge in [-0.1, -0.05) is 38.8 Å². The molecule has 2 saturated carbocycles. The lowest BCUT2D eigenvalue weighted by molar-refractivity contribution is 0.0355. The van der Waals surface area contributed by atoms with Gasteiger partial charge in [0.15, 0.2) is 0 Å². The fraction of sp³-hybridized carbons (Fsp3) is 0.867. The summed E-state index contributed by atoms with van der Waals surface area (Å²) >= 11 is 0. The maximum absolute atomic E-state index is 2.59. The highest BCUT2D eigenvalue weighted by atomic mass is 14.7. The maximum Gasteiger partial charge on any atom is -0.0141 e. The van der Waals surface area contributed by atoms with Crippen molar-refractivity contribution in [1.29, 1.82) is 0 Å². The van der Waals surface area contributed by atoms with Gasteiger partial charge < -0.3 is 0 Å². The Morgan fingerprint density at radius 1 is 1.20 bits per heavy atom. The molecule has 3 rings (SSSR count). The fourth-order valence-corrected chi connectivity index (χ4v) is 5.32. The zero-order valence-corrected chi connectivity index (χ0v) is 10.7. The lowest BCUT2D eigenvalue weighted by Gasteiger charge is -2.45. The summed E-state index contributed by atoms with van der Waals surface area (Å²) in [7, 11) is 0. The molecule has 0 heterocycles. The van der Waals surface area contributed by atoms with E-state index in [4.69, 9.17) is 0 Å². The minimum atomic E-state index is 0.600. The first-order valence-electron chi connectivity index (χ1n) is 6.60. The Bertz CT molecular complexity index is 340. The molecule has 4 atom stereocenters. The zero-order chi connectivity index (χ0) is 10.9. The second-order valence-electron chi connectivity index (χ2n) is 7.07. The van der Waals surface area contributed by atoms with Crippen LogP contribution in [-0.2, 0) is 0 Å². The number of hydrogen-bond donors (Lipinski definition) is 0. The second kappa shape index (κ2) is 2.52. The molecule has 0 nitrogen and oxygen atoms in total. The van der Waals surface area contributed by atoms with Gasteiger partial charge in [0, 0.05) is 0 Å². The minimum Gasteiger partial charge on any atom is -0.0847 e. The van der Waals surface area contributed by atoms with E-state index in [-0.39, 0.29) is 0 Å². The summed E-state index contributed by atoms with van der Waals surface area (Å²) in [5, 5.41) is 0. The summed E-state index contributed by atoms with van der Waals surface area (Å²) in [6, 6.07) is 0. The van der Waals surface area contributed by atoms with E-state index in [9.17, 15) is 0 Å². The highest BCUT2D eigenvalue weighted by Crippen LogP contribution is 2.75. The molecule has 2 bridgehead atoms. The number of hydrogen-bond acceptors (Lipinski definition) is 0. The molecule has 0 aromatic carbocycles. The Hall–Kier alpha value is -0.260. The summed E-state index contributed by atoms with van der Waals surface area (Å²) < 4.78 is 0. The summed E-state index contributed by atoms with van der Waals surface area (Å²) in [5.74, 6) is 0.892. The van der Waals surface area contributed by atoms with Crippen LogP contribution in [0.3, 0.4) is 0 Å². The smallest absolute Gasteiger partial charge is 0.0141 e. The van der Waals surface area contributed by atoms with Gasteiger partial charge in [-0.2, -0.15) is 0 Å². The van der Waals surface area contributed by atoms with Crippen molar-refractivity contribution in [3.8, 4) is 0 Å². The van der Waals surface area contributed by atoms with Gasteiger partial charge in [-0.15, -0.1) is 0 Å². The molecule has 3 aliphatic rings. The number of allylic oxidation sites excluding steroid dienone is 2. The second-order valence-corrected chi connectivity index (χ2v) is 7.07. The molecule has 0 saturated heterocycles. The summed E-state index contributed by atoms with van der Waals surface area (Å²) in [5.41, 5.74) is 3.51.